The number of benzene rings is 2. The molecule has 1 fully saturated rings. The van der Waals surface area contributed by atoms with Gasteiger partial charge in [0.15, 0.2) is 11.5 Å². The Morgan fingerprint density at radius 1 is 1.23 bits per heavy atom. The highest BCUT2D eigenvalue weighted by Gasteiger charge is 2.24. The molecule has 6 heteroatoms. The molecule has 0 saturated heterocycles. The van der Waals surface area contributed by atoms with Gasteiger partial charge in [-0.25, -0.2) is 4.39 Å². The van der Waals surface area contributed by atoms with Crippen molar-refractivity contribution in [2.45, 2.75) is 45.3 Å². The average molecular weight is 423 g/mol. The largest absolute Gasteiger partial charge is 0.493 e. The summed E-state index contributed by atoms with van der Waals surface area (Å²) in [7, 11) is 1.51. The van der Waals surface area contributed by atoms with Crippen LogP contribution in [-0.2, 0) is 11.4 Å². The number of hydrogen-bond acceptors (Lipinski definition) is 4. The van der Waals surface area contributed by atoms with Gasteiger partial charge >= 0.3 is 0 Å². The van der Waals surface area contributed by atoms with E-state index in [2.05, 4.69) is 12.2 Å². The summed E-state index contributed by atoms with van der Waals surface area (Å²) in [4.78, 5) is 12.6. The quantitative estimate of drug-likeness (QED) is 0.503. The maximum Gasteiger partial charge on any atom is 0.262 e. The second-order valence-corrected chi connectivity index (χ2v) is 7.84. The number of nitrogens with one attached hydrogen (secondary N) is 1. The Labute approximate surface area is 182 Å². The van der Waals surface area contributed by atoms with E-state index in [1.165, 1.54) is 25.7 Å². The van der Waals surface area contributed by atoms with E-state index >= 15 is 0 Å². The molecule has 0 heterocycles. The Morgan fingerprint density at radius 3 is 2.74 bits per heavy atom. The van der Waals surface area contributed by atoms with E-state index in [1.807, 2.05) is 6.07 Å². The van der Waals surface area contributed by atoms with E-state index in [0.29, 0.717) is 28.5 Å². The summed E-state index contributed by atoms with van der Waals surface area (Å²) >= 11 is 0. The van der Waals surface area contributed by atoms with Gasteiger partial charge in [0.1, 0.15) is 24.1 Å². The Morgan fingerprint density at radius 2 is 2.03 bits per heavy atom. The van der Waals surface area contributed by atoms with Gasteiger partial charge in [-0.05, 0) is 60.2 Å². The molecule has 1 amide bonds. The van der Waals surface area contributed by atoms with Crippen molar-refractivity contribution >= 4 is 12.0 Å². The van der Waals surface area contributed by atoms with Crippen molar-refractivity contribution in [2.24, 2.45) is 5.92 Å². The van der Waals surface area contributed by atoms with Crippen molar-refractivity contribution < 1.29 is 18.7 Å². The number of rotatable bonds is 7. The molecule has 0 aromatic heterocycles. The summed E-state index contributed by atoms with van der Waals surface area (Å²) in [6.07, 6.45) is 5.85. The molecule has 1 aliphatic carbocycles. The van der Waals surface area contributed by atoms with E-state index in [0.717, 1.165) is 19.3 Å². The van der Waals surface area contributed by atoms with E-state index < -0.39 is 0 Å². The average Bonchev–Trinajstić information content (AvgIpc) is 2.77. The molecule has 0 unspecified atom stereocenters. The van der Waals surface area contributed by atoms with Gasteiger partial charge in [-0.1, -0.05) is 38.0 Å². The molecule has 1 saturated carbocycles. The first-order valence-corrected chi connectivity index (χ1v) is 10.5. The van der Waals surface area contributed by atoms with Crippen molar-refractivity contribution in [1.82, 2.24) is 5.32 Å². The van der Waals surface area contributed by atoms with Crippen molar-refractivity contribution in [1.29, 1.82) is 5.26 Å². The first kappa shape index (κ1) is 22.4. The topological polar surface area (TPSA) is 71.3 Å². The third-order valence-electron chi connectivity index (χ3n) is 5.58. The summed E-state index contributed by atoms with van der Waals surface area (Å²) in [5.41, 5.74) is 1.40. The van der Waals surface area contributed by atoms with Crippen LogP contribution in [-0.4, -0.2) is 19.1 Å². The Bertz CT molecular complexity index is 997. The van der Waals surface area contributed by atoms with Crippen molar-refractivity contribution in [3.05, 3.63) is 65.0 Å². The predicted octanol–water partition coefficient (Wildman–Crippen LogP) is 5.02. The molecule has 162 valence electrons. The maximum atomic E-state index is 13.3. The molecule has 5 nitrogen and oxygen atoms in total. The van der Waals surface area contributed by atoms with Gasteiger partial charge in [0, 0.05) is 6.04 Å². The molecule has 0 radical (unpaired) electrons. The van der Waals surface area contributed by atoms with Crippen LogP contribution in [0, 0.1) is 23.1 Å². The highest BCUT2D eigenvalue weighted by atomic mass is 19.1. The van der Waals surface area contributed by atoms with Crippen LogP contribution in [0.25, 0.3) is 6.08 Å². The second-order valence-electron chi connectivity index (χ2n) is 7.84. The van der Waals surface area contributed by atoms with Crippen molar-refractivity contribution in [3.8, 4) is 17.6 Å². The van der Waals surface area contributed by atoms with Crippen molar-refractivity contribution in [3.63, 3.8) is 0 Å². The van der Waals surface area contributed by atoms with Gasteiger partial charge in [0.05, 0.1) is 7.11 Å². The molecule has 31 heavy (non-hydrogen) atoms. The molecule has 3 rings (SSSR count). The zero-order valence-electron chi connectivity index (χ0n) is 17.9. The Kier molecular flexibility index (Phi) is 7.66. The molecule has 0 bridgehead atoms. The standard InChI is InChI=1S/C25H27FN2O3/c1-17-6-3-4-9-22(17)28-25(29)20(15-27)12-18-10-11-23(24(14-18)30-2)31-16-19-7-5-8-21(26)13-19/h5,7-8,10-14,17,22H,3-4,6,9,16H2,1-2H3,(H,28,29)/b20-12+/t17-,22-/m1/s1. The van der Waals surface area contributed by atoms with Gasteiger partial charge in [-0.15, -0.1) is 0 Å². The van der Waals surface area contributed by atoms with Crippen LogP contribution in [0.1, 0.15) is 43.7 Å². The van der Waals surface area contributed by atoms with Gasteiger partial charge in [0.2, 0.25) is 0 Å². The highest BCUT2D eigenvalue weighted by molar-refractivity contribution is 6.01. The minimum atomic E-state index is -0.355. The number of methoxy groups -OCH3 is 1. The Balaban J connectivity index is 1.71. The zero-order chi connectivity index (χ0) is 22.2. The van der Waals surface area contributed by atoms with Crippen LogP contribution in [0.2, 0.25) is 0 Å². The summed E-state index contributed by atoms with van der Waals surface area (Å²) in [6.45, 7) is 2.32. The van der Waals surface area contributed by atoms with E-state index in [9.17, 15) is 14.4 Å². The number of amides is 1. The normalized spacial score (nSPS) is 18.7. The van der Waals surface area contributed by atoms with Gasteiger partial charge in [-0.3, -0.25) is 4.79 Å². The minimum absolute atomic E-state index is 0.0493. The third-order valence-corrected chi connectivity index (χ3v) is 5.58. The molecule has 1 aliphatic rings. The van der Waals surface area contributed by atoms with Crippen LogP contribution >= 0.6 is 0 Å². The van der Waals surface area contributed by atoms with Gasteiger partial charge < -0.3 is 14.8 Å². The zero-order valence-corrected chi connectivity index (χ0v) is 17.9. The van der Waals surface area contributed by atoms with E-state index in [-0.39, 0.29) is 29.9 Å². The second kappa shape index (κ2) is 10.6. The molecule has 0 spiro atoms. The third kappa shape index (κ3) is 6.08. The minimum Gasteiger partial charge on any atom is -0.493 e. The summed E-state index contributed by atoms with van der Waals surface area (Å²) < 4.78 is 24.5. The predicted molar refractivity (Wildman–Crippen MR) is 117 cm³/mol. The lowest BCUT2D eigenvalue weighted by molar-refractivity contribution is -0.118. The van der Waals surface area contributed by atoms with Gasteiger partial charge in [0.25, 0.3) is 5.91 Å². The Hall–Kier alpha value is -3.33. The van der Waals surface area contributed by atoms with E-state index in [4.69, 9.17) is 9.47 Å². The lowest BCUT2D eigenvalue weighted by atomic mass is 9.86. The number of nitrogens with zero attached hydrogens (tertiary/aromatic N) is 1. The van der Waals surface area contributed by atoms with Crippen LogP contribution < -0.4 is 14.8 Å². The number of carbonyl (C=O) groups excluding carboxylic acids is 1. The van der Waals surface area contributed by atoms with Crippen LogP contribution in [0.5, 0.6) is 11.5 Å². The first-order chi connectivity index (χ1) is 15.0. The van der Waals surface area contributed by atoms with Crippen molar-refractivity contribution in [2.75, 3.05) is 7.11 Å². The molecular formula is C25H27FN2O3. The van der Waals surface area contributed by atoms with Crippen LogP contribution in [0.15, 0.2) is 48.0 Å². The summed E-state index contributed by atoms with van der Waals surface area (Å²) in [6, 6.07) is 13.5. The number of halogens is 1. The fourth-order valence-corrected chi connectivity index (χ4v) is 3.77. The fourth-order valence-electron chi connectivity index (χ4n) is 3.77. The number of nitriles is 1. The molecule has 2 aromatic carbocycles. The fraction of sp³-hybridized carbons (Fsp3) is 0.360. The molecule has 2 atom stereocenters. The van der Waals surface area contributed by atoms with Gasteiger partial charge in [-0.2, -0.15) is 5.26 Å². The SMILES string of the molecule is COc1cc(/C=C(\C#N)C(=O)N[C@@H]2CCCC[C@H]2C)ccc1OCc1cccc(F)c1. The number of carbonyl (C=O) groups is 1. The summed E-state index contributed by atoms with van der Waals surface area (Å²) in [5.74, 6) is 0.684. The molecule has 0 aliphatic heterocycles. The van der Waals surface area contributed by atoms with Crippen LogP contribution in [0.3, 0.4) is 0 Å². The lowest BCUT2D eigenvalue weighted by Crippen LogP contribution is -2.41. The van der Waals surface area contributed by atoms with Crippen LogP contribution in [0.4, 0.5) is 4.39 Å². The maximum absolute atomic E-state index is 13.3. The van der Waals surface area contributed by atoms with E-state index in [1.54, 1.807) is 36.4 Å². The highest BCUT2D eigenvalue weighted by Crippen LogP contribution is 2.30. The summed E-state index contributed by atoms with van der Waals surface area (Å²) in [5, 5.41) is 12.5. The lowest BCUT2D eigenvalue weighted by Gasteiger charge is -2.29. The number of hydrogen-bond donors (Lipinski definition) is 1. The smallest absolute Gasteiger partial charge is 0.262 e. The first-order valence-electron chi connectivity index (χ1n) is 10.5. The molecule has 1 N–H and O–H groups in total. The molecule has 2 aromatic rings. The monoisotopic (exact) mass is 422 g/mol. The molecular weight excluding hydrogens is 395 g/mol. The number of ether oxygens (including phenoxy) is 2.